The summed E-state index contributed by atoms with van der Waals surface area (Å²) in [5.41, 5.74) is 2.48. The summed E-state index contributed by atoms with van der Waals surface area (Å²) in [6, 6.07) is 13.8. The largest absolute Gasteiger partial charge is 0.416 e. The molecule has 2 aromatic carbocycles. The van der Waals surface area contributed by atoms with Gasteiger partial charge in [0.05, 0.1) is 5.56 Å². The van der Waals surface area contributed by atoms with Crippen LogP contribution in [-0.4, -0.2) is 11.4 Å². The number of halogens is 3. The molecule has 0 saturated carbocycles. The van der Waals surface area contributed by atoms with Crippen LogP contribution in [0.3, 0.4) is 0 Å². The highest BCUT2D eigenvalue weighted by Crippen LogP contribution is 2.31. The van der Waals surface area contributed by atoms with Gasteiger partial charge in [-0.1, -0.05) is 82.1 Å². The van der Waals surface area contributed by atoms with E-state index in [0.29, 0.717) is 0 Å². The molecule has 0 heterocycles. The lowest BCUT2D eigenvalue weighted by molar-refractivity contribution is -0.137. The molecule has 1 atom stereocenters. The van der Waals surface area contributed by atoms with Gasteiger partial charge in [-0.25, -0.2) is 0 Å². The molecule has 0 spiro atoms. The van der Waals surface area contributed by atoms with Gasteiger partial charge in [-0.15, -0.1) is 0 Å². The summed E-state index contributed by atoms with van der Waals surface area (Å²) in [6.45, 7) is 7.89. The maximum atomic E-state index is 12.8. The molecular formula is C28H36F3N. The van der Waals surface area contributed by atoms with Crippen LogP contribution in [0.5, 0.6) is 0 Å². The summed E-state index contributed by atoms with van der Waals surface area (Å²) in [7, 11) is 0. The summed E-state index contributed by atoms with van der Waals surface area (Å²) in [5.74, 6) is 6.53. The quantitative estimate of drug-likeness (QED) is 0.249. The lowest BCUT2D eigenvalue weighted by Gasteiger charge is -2.28. The molecule has 0 bridgehead atoms. The van der Waals surface area contributed by atoms with E-state index in [1.807, 2.05) is 6.92 Å². The van der Waals surface area contributed by atoms with Crippen LogP contribution in [0.15, 0.2) is 48.5 Å². The number of unbranched alkanes of at least 4 members (excludes halogenated alkanes) is 6. The number of benzene rings is 2. The first kappa shape index (κ1) is 26.0. The first-order valence-electron chi connectivity index (χ1n) is 11.8. The Morgan fingerprint density at radius 2 is 1.47 bits per heavy atom. The van der Waals surface area contributed by atoms with Crippen molar-refractivity contribution in [3.8, 4) is 11.8 Å². The summed E-state index contributed by atoms with van der Waals surface area (Å²) < 4.78 is 38.5. The minimum Gasteiger partial charge on any atom is -0.293 e. The Bertz CT molecular complexity index is 841. The minimum atomic E-state index is -4.30. The Morgan fingerprint density at radius 1 is 0.844 bits per heavy atom. The predicted octanol–water partition coefficient (Wildman–Crippen LogP) is 8.39. The van der Waals surface area contributed by atoms with Gasteiger partial charge < -0.3 is 0 Å². The van der Waals surface area contributed by atoms with Crippen LogP contribution in [0.25, 0.3) is 0 Å². The third kappa shape index (κ3) is 8.71. The van der Waals surface area contributed by atoms with Crippen LogP contribution in [0, 0.1) is 11.8 Å². The van der Waals surface area contributed by atoms with E-state index >= 15 is 0 Å². The first-order valence-corrected chi connectivity index (χ1v) is 11.8. The van der Waals surface area contributed by atoms with Crippen LogP contribution < -0.4 is 0 Å². The second-order valence-corrected chi connectivity index (χ2v) is 8.38. The molecule has 0 aliphatic heterocycles. The van der Waals surface area contributed by atoms with Crippen molar-refractivity contribution >= 4 is 0 Å². The summed E-state index contributed by atoms with van der Waals surface area (Å²) >= 11 is 0. The van der Waals surface area contributed by atoms with Gasteiger partial charge in [0.2, 0.25) is 0 Å². The van der Waals surface area contributed by atoms with E-state index in [-0.39, 0.29) is 6.04 Å². The van der Waals surface area contributed by atoms with E-state index in [2.05, 4.69) is 54.9 Å². The Hall–Kier alpha value is -2.25. The zero-order valence-electron chi connectivity index (χ0n) is 19.6. The van der Waals surface area contributed by atoms with Crippen molar-refractivity contribution in [2.45, 2.75) is 84.5 Å². The molecule has 0 fully saturated rings. The Labute approximate surface area is 192 Å². The summed E-state index contributed by atoms with van der Waals surface area (Å²) in [5, 5.41) is 0. The zero-order chi connectivity index (χ0) is 23.4. The Balaban J connectivity index is 1.87. The van der Waals surface area contributed by atoms with E-state index in [1.54, 1.807) is 12.1 Å². The van der Waals surface area contributed by atoms with Crippen LogP contribution >= 0.6 is 0 Å². The molecule has 0 N–H and O–H groups in total. The standard InChI is InChI=1S/C28H36F3N/c1-4-6-7-8-9-10-11-12-13-24-14-16-25(17-15-24)22-32(5-2)23(3)26-18-20-27(21-19-26)28(29,30)31/h14-21,23H,4-11,22H2,1-3H3. The summed E-state index contributed by atoms with van der Waals surface area (Å²) in [6.07, 6.45) is 4.32. The molecule has 1 nitrogen and oxygen atoms in total. The maximum absolute atomic E-state index is 12.8. The highest BCUT2D eigenvalue weighted by atomic mass is 19.4. The molecule has 2 rings (SSSR count). The first-order chi connectivity index (χ1) is 15.3. The topological polar surface area (TPSA) is 3.24 Å². The number of hydrogen-bond acceptors (Lipinski definition) is 1. The second kappa shape index (κ2) is 13.3. The van der Waals surface area contributed by atoms with Crippen molar-refractivity contribution in [1.82, 2.24) is 4.90 Å². The van der Waals surface area contributed by atoms with Crippen LogP contribution in [-0.2, 0) is 12.7 Å². The van der Waals surface area contributed by atoms with Gasteiger partial charge in [-0.2, -0.15) is 13.2 Å². The third-order valence-corrected chi connectivity index (χ3v) is 5.90. The number of rotatable bonds is 11. The molecule has 32 heavy (non-hydrogen) atoms. The molecule has 174 valence electrons. The fraction of sp³-hybridized carbons (Fsp3) is 0.500. The van der Waals surface area contributed by atoms with Crippen molar-refractivity contribution in [3.05, 3.63) is 70.8 Å². The molecular weight excluding hydrogens is 407 g/mol. The van der Waals surface area contributed by atoms with Gasteiger partial charge in [-0.05, 0) is 55.3 Å². The highest BCUT2D eigenvalue weighted by molar-refractivity contribution is 5.36. The van der Waals surface area contributed by atoms with E-state index in [4.69, 9.17) is 0 Å². The lowest BCUT2D eigenvalue weighted by Crippen LogP contribution is -2.26. The molecule has 4 heteroatoms. The average molecular weight is 444 g/mol. The van der Waals surface area contributed by atoms with E-state index in [1.165, 1.54) is 56.2 Å². The molecule has 0 aliphatic carbocycles. The van der Waals surface area contributed by atoms with Crippen LogP contribution in [0.4, 0.5) is 13.2 Å². The van der Waals surface area contributed by atoms with E-state index in [9.17, 15) is 13.2 Å². The normalized spacial score (nSPS) is 12.5. The molecule has 0 amide bonds. The highest BCUT2D eigenvalue weighted by Gasteiger charge is 2.30. The Morgan fingerprint density at radius 3 is 2.06 bits per heavy atom. The van der Waals surface area contributed by atoms with Gasteiger partial charge in [0.1, 0.15) is 0 Å². The fourth-order valence-corrected chi connectivity index (χ4v) is 3.77. The van der Waals surface area contributed by atoms with Gasteiger partial charge in [0.25, 0.3) is 0 Å². The molecule has 1 unspecified atom stereocenters. The number of nitrogens with zero attached hydrogens (tertiary/aromatic N) is 1. The van der Waals surface area contributed by atoms with Crippen LogP contribution in [0.1, 0.15) is 94.0 Å². The lowest BCUT2D eigenvalue weighted by atomic mass is 10.0. The monoisotopic (exact) mass is 443 g/mol. The van der Waals surface area contributed by atoms with Crippen molar-refractivity contribution in [2.75, 3.05) is 6.54 Å². The third-order valence-electron chi connectivity index (χ3n) is 5.90. The SMILES string of the molecule is CCCCCCCCC#Cc1ccc(CN(CC)C(C)c2ccc(C(F)(F)F)cc2)cc1. The maximum Gasteiger partial charge on any atom is 0.416 e. The molecule has 2 aromatic rings. The zero-order valence-corrected chi connectivity index (χ0v) is 19.6. The fourth-order valence-electron chi connectivity index (χ4n) is 3.77. The van der Waals surface area contributed by atoms with Gasteiger partial charge in [-0.3, -0.25) is 4.90 Å². The molecule has 0 saturated heterocycles. The molecule has 0 radical (unpaired) electrons. The predicted molar refractivity (Wildman–Crippen MR) is 127 cm³/mol. The van der Waals surface area contributed by atoms with Crippen molar-refractivity contribution in [1.29, 1.82) is 0 Å². The van der Waals surface area contributed by atoms with Crippen LogP contribution in [0.2, 0.25) is 0 Å². The van der Waals surface area contributed by atoms with Gasteiger partial charge in [0.15, 0.2) is 0 Å². The number of hydrogen-bond donors (Lipinski definition) is 0. The summed E-state index contributed by atoms with van der Waals surface area (Å²) in [4.78, 5) is 2.25. The van der Waals surface area contributed by atoms with Crippen molar-refractivity contribution in [3.63, 3.8) is 0 Å². The molecule has 0 aromatic heterocycles. The number of alkyl halides is 3. The van der Waals surface area contributed by atoms with Crippen molar-refractivity contribution in [2.24, 2.45) is 0 Å². The minimum absolute atomic E-state index is 0.0269. The average Bonchev–Trinajstić information content (AvgIpc) is 2.79. The van der Waals surface area contributed by atoms with Gasteiger partial charge in [0, 0.05) is 24.6 Å². The van der Waals surface area contributed by atoms with E-state index < -0.39 is 11.7 Å². The second-order valence-electron chi connectivity index (χ2n) is 8.38. The van der Waals surface area contributed by atoms with Crippen molar-refractivity contribution < 1.29 is 13.2 Å². The smallest absolute Gasteiger partial charge is 0.293 e. The van der Waals surface area contributed by atoms with E-state index in [0.717, 1.165) is 30.6 Å². The molecule has 0 aliphatic rings. The van der Waals surface area contributed by atoms with Gasteiger partial charge >= 0.3 is 6.18 Å². The Kier molecular flexibility index (Phi) is 10.8.